The maximum atomic E-state index is 12.1. The molecule has 0 spiro atoms. The Bertz CT molecular complexity index is 714. The highest BCUT2D eigenvalue weighted by atomic mass is 35.5. The Morgan fingerprint density at radius 1 is 1.35 bits per heavy atom. The normalized spacial score (nSPS) is 18.8. The number of nitrogens with one attached hydrogen (secondary N) is 2. The molecular weight excluding hydrogens is 306 g/mol. The van der Waals surface area contributed by atoms with E-state index in [4.69, 9.17) is 11.6 Å². The molecule has 0 fully saturated rings. The van der Waals surface area contributed by atoms with E-state index in [0.717, 1.165) is 11.8 Å². The minimum atomic E-state index is -4.06. The number of anilines is 1. The van der Waals surface area contributed by atoms with Gasteiger partial charge in [0.25, 0.3) is 5.91 Å². The third-order valence-corrected chi connectivity index (χ3v) is 4.51. The molecule has 0 saturated heterocycles. The summed E-state index contributed by atoms with van der Waals surface area (Å²) in [6.45, 7) is 1.77. The van der Waals surface area contributed by atoms with Crippen LogP contribution >= 0.6 is 11.6 Å². The number of carbonyl (C=O) groups excluding carboxylic acids is 2. The average molecular weight is 316 g/mol. The first-order valence-electron chi connectivity index (χ1n) is 5.46. The van der Waals surface area contributed by atoms with E-state index in [0.29, 0.717) is 5.02 Å². The van der Waals surface area contributed by atoms with Gasteiger partial charge in [-0.15, -0.1) is 0 Å². The first-order chi connectivity index (χ1) is 9.29. The lowest BCUT2D eigenvalue weighted by atomic mass is 10.2. The van der Waals surface area contributed by atoms with Gasteiger partial charge in [0.2, 0.25) is 10.0 Å². The highest BCUT2D eigenvalue weighted by molar-refractivity contribution is 7.94. The molecule has 1 unspecified atom stereocenters. The van der Waals surface area contributed by atoms with Crippen LogP contribution in [0.1, 0.15) is 5.56 Å². The number of amides is 3. The zero-order valence-corrected chi connectivity index (χ0v) is 11.8. The number of aryl methyl sites for hydroxylation is 1. The van der Waals surface area contributed by atoms with E-state index in [2.05, 4.69) is 9.71 Å². The molecule has 3 amide bonds. The fourth-order valence-corrected chi connectivity index (χ4v) is 2.84. The molecule has 106 valence electrons. The lowest BCUT2D eigenvalue weighted by Crippen LogP contribution is -2.48. The van der Waals surface area contributed by atoms with E-state index in [9.17, 15) is 18.0 Å². The van der Waals surface area contributed by atoms with Crippen LogP contribution in [0.2, 0.25) is 5.02 Å². The third-order valence-electron chi connectivity index (χ3n) is 2.58. The molecule has 1 aliphatic rings. The summed E-state index contributed by atoms with van der Waals surface area (Å²) in [5, 5.41) is 0.642. The van der Waals surface area contributed by atoms with Gasteiger partial charge in [0.15, 0.2) is 5.25 Å². The number of hydrogen-bond donors (Lipinski definition) is 2. The standard InChI is InChI=1S/C11H10ClN3O4S/c1-6-2-3-7(4-8(6)12)15-20(18,19)9-5-13-11(17)14-10(9)16/h2-5,9,15H,1H3,(H,14,16,17). The fraction of sp³-hybridized carbons (Fsp3) is 0.182. The van der Waals surface area contributed by atoms with E-state index >= 15 is 0 Å². The van der Waals surface area contributed by atoms with Gasteiger partial charge in [-0.2, -0.15) is 0 Å². The van der Waals surface area contributed by atoms with Crippen molar-refractivity contribution in [3.63, 3.8) is 0 Å². The van der Waals surface area contributed by atoms with Gasteiger partial charge in [-0.25, -0.2) is 18.2 Å². The van der Waals surface area contributed by atoms with Crippen molar-refractivity contribution < 1.29 is 18.0 Å². The highest BCUT2D eigenvalue weighted by Gasteiger charge is 2.35. The predicted molar refractivity (Wildman–Crippen MR) is 74.6 cm³/mol. The summed E-state index contributed by atoms with van der Waals surface area (Å²) >= 11 is 5.89. The quantitative estimate of drug-likeness (QED) is 0.870. The summed E-state index contributed by atoms with van der Waals surface area (Å²) in [4.78, 5) is 25.6. The molecular formula is C11H10ClN3O4S. The van der Waals surface area contributed by atoms with Gasteiger partial charge in [-0.05, 0) is 24.6 Å². The second-order valence-corrected chi connectivity index (χ2v) is 6.31. The molecule has 0 aromatic heterocycles. The van der Waals surface area contributed by atoms with E-state index in [-0.39, 0.29) is 5.69 Å². The van der Waals surface area contributed by atoms with Crippen molar-refractivity contribution >= 4 is 45.5 Å². The summed E-state index contributed by atoms with van der Waals surface area (Å²) in [6, 6.07) is 3.69. The number of nitrogens with zero attached hydrogens (tertiary/aromatic N) is 1. The number of carbonyl (C=O) groups is 2. The molecule has 0 bridgehead atoms. The lowest BCUT2D eigenvalue weighted by molar-refractivity contribution is -0.118. The first-order valence-corrected chi connectivity index (χ1v) is 7.39. The topological polar surface area (TPSA) is 105 Å². The van der Waals surface area contributed by atoms with Crippen molar-refractivity contribution in [1.29, 1.82) is 0 Å². The van der Waals surface area contributed by atoms with Crippen LogP contribution in [0.4, 0.5) is 10.5 Å². The Kier molecular flexibility index (Phi) is 3.78. The van der Waals surface area contributed by atoms with Crippen LogP contribution in [0.3, 0.4) is 0 Å². The molecule has 1 aromatic rings. The van der Waals surface area contributed by atoms with Crippen molar-refractivity contribution in [2.45, 2.75) is 12.2 Å². The van der Waals surface area contributed by atoms with Crippen molar-refractivity contribution in [2.24, 2.45) is 4.99 Å². The van der Waals surface area contributed by atoms with Crippen LogP contribution in [0, 0.1) is 6.92 Å². The van der Waals surface area contributed by atoms with Crippen molar-refractivity contribution in [1.82, 2.24) is 5.32 Å². The Hall–Kier alpha value is -1.93. The minimum Gasteiger partial charge on any atom is -0.283 e. The van der Waals surface area contributed by atoms with E-state index in [1.165, 1.54) is 12.1 Å². The van der Waals surface area contributed by atoms with E-state index < -0.39 is 27.2 Å². The SMILES string of the molecule is Cc1ccc(NS(=O)(=O)C2C=NC(=O)NC2=O)cc1Cl. The van der Waals surface area contributed by atoms with Crippen molar-refractivity contribution in [3.05, 3.63) is 28.8 Å². The molecule has 1 aromatic carbocycles. The summed E-state index contributed by atoms with van der Waals surface area (Å²) in [7, 11) is -4.06. The smallest absolute Gasteiger partial charge is 0.283 e. The molecule has 9 heteroatoms. The second-order valence-electron chi connectivity index (χ2n) is 4.10. The molecule has 20 heavy (non-hydrogen) atoms. The molecule has 1 heterocycles. The zero-order chi connectivity index (χ0) is 14.9. The molecule has 1 atom stereocenters. The van der Waals surface area contributed by atoms with Gasteiger partial charge in [0, 0.05) is 16.9 Å². The summed E-state index contributed by atoms with van der Waals surface area (Å²) < 4.78 is 26.3. The van der Waals surface area contributed by atoms with Gasteiger partial charge < -0.3 is 0 Å². The van der Waals surface area contributed by atoms with E-state index in [1.807, 2.05) is 5.32 Å². The maximum absolute atomic E-state index is 12.1. The third kappa shape index (κ3) is 2.97. The maximum Gasteiger partial charge on any atom is 0.347 e. The van der Waals surface area contributed by atoms with Gasteiger partial charge >= 0.3 is 6.03 Å². The van der Waals surface area contributed by atoms with Crippen LogP contribution in [-0.2, 0) is 14.8 Å². The van der Waals surface area contributed by atoms with E-state index in [1.54, 1.807) is 13.0 Å². The summed E-state index contributed by atoms with van der Waals surface area (Å²) in [5.74, 6) is -0.948. The first kappa shape index (κ1) is 14.5. The highest BCUT2D eigenvalue weighted by Crippen LogP contribution is 2.21. The molecule has 0 radical (unpaired) electrons. The van der Waals surface area contributed by atoms with Crippen molar-refractivity contribution in [2.75, 3.05) is 4.72 Å². The largest absolute Gasteiger partial charge is 0.347 e. The van der Waals surface area contributed by atoms with Crippen LogP contribution in [0.5, 0.6) is 0 Å². The Labute approximate surface area is 120 Å². The summed E-state index contributed by atoms with van der Waals surface area (Å²) in [5.41, 5.74) is 1.01. The molecule has 2 rings (SSSR count). The monoisotopic (exact) mass is 315 g/mol. The number of sulfonamides is 1. The average Bonchev–Trinajstić information content (AvgIpc) is 2.33. The number of imide groups is 1. The van der Waals surface area contributed by atoms with Gasteiger partial charge in [-0.1, -0.05) is 17.7 Å². The van der Waals surface area contributed by atoms with Crippen LogP contribution in [0.25, 0.3) is 0 Å². The predicted octanol–water partition coefficient (Wildman–Crippen LogP) is 1.08. The van der Waals surface area contributed by atoms with Gasteiger partial charge in [-0.3, -0.25) is 14.8 Å². The molecule has 7 nitrogen and oxygen atoms in total. The van der Waals surface area contributed by atoms with Gasteiger partial charge in [0.05, 0.1) is 0 Å². The number of urea groups is 1. The number of benzene rings is 1. The number of hydrogen-bond acceptors (Lipinski definition) is 4. The minimum absolute atomic E-state index is 0.221. The number of rotatable bonds is 3. The number of halogens is 1. The van der Waals surface area contributed by atoms with Crippen LogP contribution in [-0.4, -0.2) is 31.8 Å². The zero-order valence-electron chi connectivity index (χ0n) is 10.3. The van der Waals surface area contributed by atoms with Crippen LogP contribution < -0.4 is 10.0 Å². The number of aliphatic imine (C=N–C) groups is 1. The fourth-order valence-electron chi connectivity index (χ4n) is 1.52. The Balaban J connectivity index is 2.27. The van der Waals surface area contributed by atoms with Gasteiger partial charge in [0.1, 0.15) is 0 Å². The lowest BCUT2D eigenvalue weighted by Gasteiger charge is -2.17. The molecule has 0 aliphatic carbocycles. The Morgan fingerprint density at radius 3 is 2.65 bits per heavy atom. The molecule has 0 saturated carbocycles. The summed E-state index contributed by atoms with van der Waals surface area (Å²) in [6.07, 6.45) is 0.791. The van der Waals surface area contributed by atoms with Crippen molar-refractivity contribution in [3.8, 4) is 0 Å². The second kappa shape index (κ2) is 5.22. The molecule has 2 N–H and O–H groups in total. The Morgan fingerprint density at radius 2 is 2.05 bits per heavy atom. The molecule has 1 aliphatic heterocycles. The van der Waals surface area contributed by atoms with Crippen LogP contribution in [0.15, 0.2) is 23.2 Å².